The minimum Gasteiger partial charge on any atom is -0.372 e. The molecule has 2 aromatic rings. The van der Waals surface area contributed by atoms with Gasteiger partial charge in [0.05, 0.1) is 13.2 Å². The van der Waals surface area contributed by atoms with Gasteiger partial charge in [-0.2, -0.15) is 0 Å². The fraction of sp³-hybridized carbons (Fsp3) is 0.231. The molecule has 1 heterocycles. The fourth-order valence-corrected chi connectivity index (χ4v) is 2.30. The van der Waals surface area contributed by atoms with Crippen molar-refractivity contribution in [2.75, 3.05) is 0 Å². The van der Waals surface area contributed by atoms with Crippen molar-refractivity contribution in [3.63, 3.8) is 0 Å². The van der Waals surface area contributed by atoms with Crippen LogP contribution in [0.5, 0.6) is 0 Å². The van der Waals surface area contributed by atoms with Gasteiger partial charge in [0.25, 0.3) is 0 Å². The predicted molar refractivity (Wildman–Crippen MR) is 67.1 cm³/mol. The Balaban J connectivity index is 1.85. The number of hydrogen-bond acceptors (Lipinski definition) is 3. The average Bonchev–Trinajstić information content (AvgIpc) is 2.78. The monoisotopic (exact) mass is 233 g/mol. The molecule has 0 aliphatic carbocycles. The van der Waals surface area contributed by atoms with E-state index >= 15 is 0 Å². The molecule has 0 bridgehead atoms. The highest BCUT2D eigenvalue weighted by Crippen LogP contribution is 2.17. The number of hydrogen-bond donors (Lipinski definition) is 1. The summed E-state index contributed by atoms with van der Waals surface area (Å²) >= 11 is 1.69. The maximum atomic E-state index is 5.66. The van der Waals surface area contributed by atoms with Crippen LogP contribution < -0.4 is 5.73 Å². The molecule has 0 radical (unpaired) electrons. The zero-order chi connectivity index (χ0) is 11.2. The van der Waals surface area contributed by atoms with E-state index in [0.717, 1.165) is 0 Å². The van der Waals surface area contributed by atoms with Crippen molar-refractivity contribution < 1.29 is 4.74 Å². The third-order valence-electron chi connectivity index (χ3n) is 2.39. The lowest BCUT2D eigenvalue weighted by atomic mass is 10.2. The van der Waals surface area contributed by atoms with E-state index < -0.39 is 0 Å². The molecule has 84 valence electrons. The van der Waals surface area contributed by atoms with Gasteiger partial charge >= 0.3 is 0 Å². The number of nitrogens with two attached hydrogens (primary N) is 1. The Hall–Kier alpha value is -1.16. The predicted octanol–water partition coefficient (Wildman–Crippen LogP) is 2.92. The largest absolute Gasteiger partial charge is 0.372 e. The van der Waals surface area contributed by atoms with Gasteiger partial charge < -0.3 is 10.5 Å². The van der Waals surface area contributed by atoms with E-state index in [2.05, 4.69) is 23.6 Å². The molecule has 1 aromatic heterocycles. The van der Waals surface area contributed by atoms with Crippen molar-refractivity contribution in [3.8, 4) is 0 Å². The minimum absolute atomic E-state index is 0.599. The summed E-state index contributed by atoms with van der Waals surface area (Å²) in [7, 11) is 0. The maximum Gasteiger partial charge on any atom is 0.0732 e. The quantitative estimate of drug-likeness (QED) is 0.861. The van der Waals surface area contributed by atoms with Gasteiger partial charge in [-0.05, 0) is 22.6 Å². The van der Waals surface area contributed by atoms with Crippen LogP contribution in [0.4, 0.5) is 0 Å². The van der Waals surface area contributed by atoms with Crippen molar-refractivity contribution in [2.24, 2.45) is 5.73 Å². The number of ether oxygens (including phenoxy) is 1. The maximum absolute atomic E-state index is 5.66. The third-order valence-corrected chi connectivity index (χ3v) is 3.38. The van der Waals surface area contributed by atoms with E-state index in [9.17, 15) is 0 Å². The lowest BCUT2D eigenvalue weighted by Crippen LogP contribution is -1.99. The second-order valence-electron chi connectivity index (χ2n) is 3.55. The first-order valence-corrected chi connectivity index (χ1v) is 6.15. The molecule has 0 atom stereocenters. The van der Waals surface area contributed by atoms with Crippen molar-refractivity contribution in [1.82, 2.24) is 0 Å². The van der Waals surface area contributed by atoms with Gasteiger partial charge in [-0.3, -0.25) is 0 Å². The van der Waals surface area contributed by atoms with Gasteiger partial charge in [0.15, 0.2) is 0 Å². The van der Waals surface area contributed by atoms with E-state index in [4.69, 9.17) is 10.5 Å². The number of rotatable bonds is 5. The molecular formula is C13H15NOS. The molecule has 2 nitrogen and oxygen atoms in total. The fourth-order valence-electron chi connectivity index (χ4n) is 1.53. The van der Waals surface area contributed by atoms with Crippen molar-refractivity contribution in [3.05, 3.63) is 57.8 Å². The van der Waals surface area contributed by atoms with Gasteiger partial charge in [-0.15, -0.1) is 11.3 Å². The summed E-state index contributed by atoms with van der Waals surface area (Å²) < 4.78 is 5.66. The van der Waals surface area contributed by atoms with Crippen LogP contribution in [0.1, 0.15) is 16.0 Å². The molecule has 0 saturated carbocycles. The average molecular weight is 233 g/mol. The Bertz CT molecular complexity index is 425. The van der Waals surface area contributed by atoms with Crippen LogP contribution in [-0.4, -0.2) is 0 Å². The highest BCUT2D eigenvalue weighted by atomic mass is 32.1. The van der Waals surface area contributed by atoms with Crippen LogP contribution in [0.3, 0.4) is 0 Å². The summed E-state index contributed by atoms with van der Waals surface area (Å²) in [6.45, 7) is 1.90. The normalized spacial score (nSPS) is 10.6. The van der Waals surface area contributed by atoms with Gasteiger partial charge in [0.1, 0.15) is 0 Å². The van der Waals surface area contributed by atoms with Crippen LogP contribution in [0.25, 0.3) is 0 Å². The molecule has 2 N–H and O–H groups in total. The first-order chi connectivity index (χ1) is 7.90. The molecule has 1 aromatic carbocycles. The topological polar surface area (TPSA) is 35.2 Å². The lowest BCUT2D eigenvalue weighted by molar-refractivity contribution is 0.107. The summed E-state index contributed by atoms with van der Waals surface area (Å²) in [6, 6.07) is 12.3. The van der Waals surface area contributed by atoms with Gasteiger partial charge in [0, 0.05) is 11.4 Å². The first kappa shape index (κ1) is 11.3. The Morgan fingerprint density at radius 2 is 1.88 bits per heavy atom. The zero-order valence-electron chi connectivity index (χ0n) is 9.06. The van der Waals surface area contributed by atoms with Gasteiger partial charge in [0.2, 0.25) is 0 Å². The number of benzene rings is 1. The van der Waals surface area contributed by atoms with Crippen molar-refractivity contribution >= 4 is 11.3 Å². The standard InChI is InChI=1S/C13H15NOS/c14-8-13-12(6-7-16-13)10-15-9-11-4-2-1-3-5-11/h1-7H,8-10,14H2. The summed E-state index contributed by atoms with van der Waals surface area (Å²) in [5.74, 6) is 0. The van der Waals surface area contributed by atoms with Crippen LogP contribution >= 0.6 is 11.3 Å². The van der Waals surface area contributed by atoms with Crippen molar-refractivity contribution in [1.29, 1.82) is 0 Å². The van der Waals surface area contributed by atoms with E-state index in [1.165, 1.54) is 16.0 Å². The van der Waals surface area contributed by atoms with Crippen LogP contribution in [-0.2, 0) is 24.5 Å². The molecule has 0 amide bonds. The van der Waals surface area contributed by atoms with Gasteiger partial charge in [-0.1, -0.05) is 30.3 Å². The van der Waals surface area contributed by atoms with Crippen LogP contribution in [0.15, 0.2) is 41.8 Å². The third kappa shape index (κ3) is 2.92. The Morgan fingerprint density at radius 3 is 2.62 bits per heavy atom. The number of thiophene rings is 1. The van der Waals surface area contributed by atoms with Gasteiger partial charge in [-0.25, -0.2) is 0 Å². The zero-order valence-corrected chi connectivity index (χ0v) is 9.87. The molecule has 2 rings (SSSR count). The summed E-state index contributed by atoms with van der Waals surface area (Å²) in [4.78, 5) is 1.22. The smallest absolute Gasteiger partial charge is 0.0732 e. The highest BCUT2D eigenvalue weighted by molar-refractivity contribution is 7.10. The molecule has 16 heavy (non-hydrogen) atoms. The second kappa shape index (κ2) is 5.80. The molecule has 0 saturated heterocycles. The van der Waals surface area contributed by atoms with E-state index in [0.29, 0.717) is 19.8 Å². The first-order valence-electron chi connectivity index (χ1n) is 5.27. The Morgan fingerprint density at radius 1 is 1.06 bits per heavy atom. The molecule has 3 heteroatoms. The molecule has 0 unspecified atom stereocenters. The van der Waals surface area contributed by atoms with E-state index in [-0.39, 0.29) is 0 Å². The van der Waals surface area contributed by atoms with E-state index in [1.54, 1.807) is 11.3 Å². The molecule has 0 spiro atoms. The Labute approximate surface area is 99.7 Å². The molecule has 0 fully saturated rings. The lowest BCUT2D eigenvalue weighted by Gasteiger charge is -2.04. The minimum atomic E-state index is 0.599. The Kier molecular flexibility index (Phi) is 4.10. The summed E-state index contributed by atoms with van der Waals surface area (Å²) in [5, 5.41) is 2.06. The molecule has 0 aliphatic heterocycles. The molecular weight excluding hydrogens is 218 g/mol. The van der Waals surface area contributed by atoms with Crippen LogP contribution in [0.2, 0.25) is 0 Å². The van der Waals surface area contributed by atoms with E-state index in [1.807, 2.05) is 18.2 Å². The highest BCUT2D eigenvalue weighted by Gasteiger charge is 2.02. The molecule has 0 aliphatic rings. The summed E-state index contributed by atoms with van der Waals surface area (Å²) in [6.07, 6.45) is 0. The SMILES string of the molecule is NCc1sccc1COCc1ccccc1. The van der Waals surface area contributed by atoms with Crippen molar-refractivity contribution in [2.45, 2.75) is 19.8 Å². The second-order valence-corrected chi connectivity index (χ2v) is 4.55. The summed E-state index contributed by atoms with van der Waals surface area (Å²) in [5.41, 5.74) is 8.05. The van der Waals surface area contributed by atoms with Crippen LogP contribution in [0, 0.1) is 0 Å².